The molecule has 2 heteroatoms. The Morgan fingerprint density at radius 1 is 1.50 bits per heavy atom. The Labute approximate surface area is 72.7 Å². The van der Waals surface area contributed by atoms with Crippen molar-refractivity contribution >= 4 is 5.78 Å². The predicted molar refractivity (Wildman–Crippen MR) is 46.5 cm³/mol. The fourth-order valence-corrected chi connectivity index (χ4v) is 2.30. The Hall–Kier alpha value is -0.810. The van der Waals surface area contributed by atoms with Crippen LogP contribution in [-0.4, -0.2) is 18.9 Å². The van der Waals surface area contributed by atoms with Gasteiger partial charge in [0.25, 0.3) is 0 Å². The molecule has 0 aromatic carbocycles. The predicted octanol–water partition coefficient (Wildman–Crippen LogP) is 0.578. The molecule has 1 N–H and O–H groups in total. The van der Waals surface area contributed by atoms with Crippen molar-refractivity contribution < 1.29 is 4.79 Å². The van der Waals surface area contributed by atoms with Crippen LogP contribution in [0.5, 0.6) is 0 Å². The zero-order valence-electron chi connectivity index (χ0n) is 7.10. The Bertz CT molecular complexity index is 245. The molecule has 1 aliphatic heterocycles. The van der Waals surface area contributed by atoms with Crippen LogP contribution in [0, 0.1) is 23.7 Å². The molecule has 1 saturated carbocycles. The lowest BCUT2D eigenvalue weighted by Gasteiger charge is -2.22. The van der Waals surface area contributed by atoms with E-state index in [0.29, 0.717) is 5.41 Å². The summed E-state index contributed by atoms with van der Waals surface area (Å²) in [5, 5.41) is 3.29. The molecule has 0 radical (unpaired) electrons. The minimum Gasteiger partial charge on any atom is -0.317 e. The van der Waals surface area contributed by atoms with Crippen molar-refractivity contribution in [2.75, 3.05) is 13.1 Å². The largest absolute Gasteiger partial charge is 0.317 e. The van der Waals surface area contributed by atoms with Crippen LogP contribution in [0.1, 0.15) is 19.3 Å². The molecular weight excluding hydrogens is 150 g/mol. The average molecular weight is 163 g/mol. The van der Waals surface area contributed by atoms with Gasteiger partial charge in [0.15, 0.2) is 0 Å². The van der Waals surface area contributed by atoms with Gasteiger partial charge in [-0.3, -0.25) is 4.79 Å². The molecule has 2 rings (SSSR count). The van der Waals surface area contributed by atoms with Gasteiger partial charge in [0.05, 0.1) is 0 Å². The molecule has 1 aliphatic carbocycles. The highest BCUT2D eigenvalue weighted by atomic mass is 16.1. The molecule has 2 nitrogen and oxygen atoms in total. The lowest BCUT2D eigenvalue weighted by molar-refractivity contribution is -0.115. The highest BCUT2D eigenvalue weighted by Gasteiger charge is 2.56. The van der Waals surface area contributed by atoms with E-state index in [2.05, 4.69) is 11.2 Å². The molecule has 1 heterocycles. The van der Waals surface area contributed by atoms with Gasteiger partial charge in [0.1, 0.15) is 0 Å². The van der Waals surface area contributed by atoms with E-state index in [1.165, 1.54) is 0 Å². The number of rotatable bonds is 1. The summed E-state index contributed by atoms with van der Waals surface area (Å²) in [5.41, 5.74) is 0.314. The Balaban J connectivity index is 2.00. The summed E-state index contributed by atoms with van der Waals surface area (Å²) >= 11 is 0. The first-order valence-corrected chi connectivity index (χ1v) is 4.50. The van der Waals surface area contributed by atoms with Crippen molar-refractivity contribution in [2.45, 2.75) is 19.3 Å². The molecule has 1 saturated heterocycles. The summed E-state index contributed by atoms with van der Waals surface area (Å²) in [5.74, 6) is 2.46. The molecule has 0 aromatic rings. The van der Waals surface area contributed by atoms with Crippen molar-refractivity contribution in [3.05, 3.63) is 0 Å². The van der Waals surface area contributed by atoms with Gasteiger partial charge in [0, 0.05) is 5.92 Å². The summed E-state index contributed by atoms with van der Waals surface area (Å²) in [6.07, 6.45) is 8.39. The number of piperidine rings is 1. The van der Waals surface area contributed by atoms with E-state index in [-0.39, 0.29) is 11.7 Å². The van der Waals surface area contributed by atoms with Gasteiger partial charge < -0.3 is 5.32 Å². The van der Waals surface area contributed by atoms with E-state index >= 15 is 0 Å². The molecule has 64 valence electrons. The maximum Gasteiger partial charge on any atom is 0.208 e. The number of terminal acetylenes is 1. The lowest BCUT2D eigenvalue weighted by atomic mass is 9.91. The number of ketones is 1. The van der Waals surface area contributed by atoms with Crippen molar-refractivity contribution in [1.29, 1.82) is 0 Å². The third-order valence-electron chi connectivity index (χ3n) is 3.25. The summed E-state index contributed by atoms with van der Waals surface area (Å²) < 4.78 is 0. The number of carbonyl (C=O) groups is 1. The average Bonchev–Trinajstić information content (AvgIpc) is 2.80. The molecular formula is C10H13NO. The van der Waals surface area contributed by atoms with E-state index in [1.807, 2.05) is 0 Å². The van der Waals surface area contributed by atoms with Gasteiger partial charge in [-0.05, 0) is 43.7 Å². The summed E-state index contributed by atoms with van der Waals surface area (Å²) in [4.78, 5) is 11.2. The zero-order valence-corrected chi connectivity index (χ0v) is 7.10. The quantitative estimate of drug-likeness (QED) is 0.452. The van der Waals surface area contributed by atoms with Gasteiger partial charge in [-0.2, -0.15) is 0 Å². The van der Waals surface area contributed by atoms with Crippen molar-refractivity contribution in [1.82, 2.24) is 5.32 Å². The van der Waals surface area contributed by atoms with Crippen LogP contribution in [0.15, 0.2) is 0 Å². The van der Waals surface area contributed by atoms with Crippen LogP contribution in [0.2, 0.25) is 0 Å². The second-order valence-corrected chi connectivity index (χ2v) is 3.88. The molecule has 1 atom stereocenters. The first-order chi connectivity index (χ1) is 5.78. The van der Waals surface area contributed by atoms with Crippen LogP contribution in [-0.2, 0) is 4.79 Å². The number of hydrogen-bond donors (Lipinski definition) is 1. The molecule has 1 spiro atoms. The SMILES string of the molecule is C#CC(=O)C1CC12CCNCC2. The fourth-order valence-electron chi connectivity index (χ4n) is 2.30. The standard InChI is InChI=1S/C10H13NO/c1-2-9(12)8-7-10(8)3-5-11-6-4-10/h1,8,11H,3-7H2. The highest BCUT2D eigenvalue weighted by Crippen LogP contribution is 2.58. The minimum absolute atomic E-state index is 0.0249. The zero-order chi connectivity index (χ0) is 8.60. The molecule has 1 unspecified atom stereocenters. The van der Waals surface area contributed by atoms with Crippen molar-refractivity contribution in [2.24, 2.45) is 11.3 Å². The van der Waals surface area contributed by atoms with Gasteiger partial charge in [-0.1, -0.05) is 0 Å². The highest BCUT2D eigenvalue weighted by molar-refractivity contribution is 5.99. The lowest BCUT2D eigenvalue weighted by Crippen LogP contribution is -2.30. The maximum absolute atomic E-state index is 11.2. The van der Waals surface area contributed by atoms with E-state index in [4.69, 9.17) is 6.42 Å². The normalized spacial score (nSPS) is 31.1. The second kappa shape index (κ2) is 2.60. The first kappa shape index (κ1) is 7.82. The molecule has 0 amide bonds. The van der Waals surface area contributed by atoms with Crippen molar-refractivity contribution in [3.8, 4) is 12.3 Å². The Kier molecular flexibility index (Phi) is 1.69. The molecule has 2 fully saturated rings. The minimum atomic E-state index is 0.0249. The van der Waals surface area contributed by atoms with E-state index in [1.54, 1.807) is 0 Å². The fraction of sp³-hybridized carbons (Fsp3) is 0.700. The van der Waals surface area contributed by atoms with E-state index in [0.717, 1.165) is 32.4 Å². The third kappa shape index (κ3) is 1.05. The molecule has 12 heavy (non-hydrogen) atoms. The van der Waals surface area contributed by atoms with E-state index in [9.17, 15) is 4.79 Å². The van der Waals surface area contributed by atoms with E-state index < -0.39 is 0 Å². The Morgan fingerprint density at radius 3 is 2.75 bits per heavy atom. The van der Waals surface area contributed by atoms with Crippen LogP contribution >= 0.6 is 0 Å². The van der Waals surface area contributed by atoms with Gasteiger partial charge >= 0.3 is 0 Å². The summed E-state index contributed by atoms with van der Waals surface area (Å²) in [6, 6.07) is 0. The third-order valence-corrected chi connectivity index (χ3v) is 3.25. The summed E-state index contributed by atoms with van der Waals surface area (Å²) in [6.45, 7) is 2.10. The van der Waals surface area contributed by atoms with Gasteiger partial charge in [-0.25, -0.2) is 0 Å². The monoisotopic (exact) mass is 163 g/mol. The molecule has 2 aliphatic rings. The van der Waals surface area contributed by atoms with Gasteiger partial charge in [0.2, 0.25) is 5.78 Å². The Morgan fingerprint density at radius 2 is 2.17 bits per heavy atom. The van der Waals surface area contributed by atoms with Crippen LogP contribution in [0.25, 0.3) is 0 Å². The summed E-state index contributed by atoms with van der Waals surface area (Å²) in [7, 11) is 0. The smallest absolute Gasteiger partial charge is 0.208 e. The first-order valence-electron chi connectivity index (χ1n) is 4.50. The van der Waals surface area contributed by atoms with Crippen LogP contribution in [0.3, 0.4) is 0 Å². The second-order valence-electron chi connectivity index (χ2n) is 3.88. The van der Waals surface area contributed by atoms with Crippen LogP contribution in [0.4, 0.5) is 0 Å². The molecule has 0 aromatic heterocycles. The number of Topliss-reactive ketones (excluding diaryl/α,β-unsaturated/α-hetero) is 1. The van der Waals surface area contributed by atoms with Gasteiger partial charge in [-0.15, -0.1) is 6.42 Å². The number of hydrogen-bond acceptors (Lipinski definition) is 2. The van der Waals surface area contributed by atoms with Crippen LogP contribution < -0.4 is 5.32 Å². The number of nitrogens with one attached hydrogen (secondary N) is 1. The maximum atomic E-state index is 11.2. The van der Waals surface area contributed by atoms with Crippen molar-refractivity contribution in [3.63, 3.8) is 0 Å². The number of carbonyl (C=O) groups excluding carboxylic acids is 1. The molecule has 0 bridgehead atoms. The topological polar surface area (TPSA) is 29.1 Å².